The third kappa shape index (κ3) is 2.92. The van der Waals surface area contributed by atoms with Crippen molar-refractivity contribution in [3.63, 3.8) is 0 Å². The van der Waals surface area contributed by atoms with Crippen LogP contribution in [0.15, 0.2) is 28.7 Å². The number of aryl methyl sites for hydroxylation is 2. The zero-order valence-corrected chi connectivity index (χ0v) is 12.4. The molecule has 5 heteroatoms. The molecule has 0 saturated carbocycles. The maximum absolute atomic E-state index is 12.8. The summed E-state index contributed by atoms with van der Waals surface area (Å²) in [6, 6.07) is 5.60. The van der Waals surface area contributed by atoms with Gasteiger partial charge in [0.05, 0.1) is 22.3 Å². The summed E-state index contributed by atoms with van der Waals surface area (Å²) in [5.41, 5.74) is 2.23. The van der Waals surface area contributed by atoms with E-state index in [1.54, 1.807) is 4.68 Å². The molecule has 0 aliphatic rings. The number of benzene rings is 1. The molecular formula is C14H14BrFN2O. The first kappa shape index (κ1) is 13.9. The van der Waals surface area contributed by atoms with Crippen LogP contribution in [-0.2, 0) is 13.0 Å². The molecule has 1 aromatic heterocycles. The monoisotopic (exact) mass is 324 g/mol. The minimum Gasteiger partial charge on any atom is -0.294 e. The van der Waals surface area contributed by atoms with Gasteiger partial charge >= 0.3 is 0 Å². The average Bonchev–Trinajstić information content (AvgIpc) is 2.67. The highest BCUT2D eigenvalue weighted by Gasteiger charge is 2.16. The van der Waals surface area contributed by atoms with Crippen LogP contribution in [0.25, 0.3) is 0 Å². The molecule has 0 bridgehead atoms. The molecule has 0 saturated heterocycles. The molecule has 2 aromatic rings. The second-order valence-electron chi connectivity index (χ2n) is 4.27. The summed E-state index contributed by atoms with van der Waals surface area (Å²) in [6.07, 6.45) is 0.251. The average molecular weight is 325 g/mol. The van der Waals surface area contributed by atoms with Crippen molar-refractivity contribution in [2.75, 3.05) is 0 Å². The van der Waals surface area contributed by atoms with Gasteiger partial charge in [-0.15, -0.1) is 0 Å². The Labute approximate surface area is 119 Å². The molecule has 1 heterocycles. The van der Waals surface area contributed by atoms with Gasteiger partial charge in [0.15, 0.2) is 5.78 Å². The smallest absolute Gasteiger partial charge is 0.168 e. The number of ketones is 1. The highest BCUT2D eigenvalue weighted by molar-refractivity contribution is 9.10. The Kier molecular flexibility index (Phi) is 4.14. The van der Waals surface area contributed by atoms with Gasteiger partial charge in [-0.05, 0) is 54.0 Å². The maximum atomic E-state index is 12.8. The quantitative estimate of drug-likeness (QED) is 0.806. The van der Waals surface area contributed by atoms with Gasteiger partial charge in [-0.1, -0.05) is 0 Å². The molecule has 0 amide bonds. The summed E-state index contributed by atoms with van der Waals surface area (Å²) in [5.74, 6) is -0.387. The first-order valence-electron chi connectivity index (χ1n) is 6.03. The fourth-order valence-electron chi connectivity index (χ4n) is 1.93. The van der Waals surface area contributed by atoms with Gasteiger partial charge in [-0.25, -0.2) is 4.39 Å². The van der Waals surface area contributed by atoms with Crippen molar-refractivity contribution >= 4 is 21.7 Å². The zero-order chi connectivity index (χ0) is 14.0. The van der Waals surface area contributed by atoms with E-state index in [0.717, 1.165) is 15.9 Å². The van der Waals surface area contributed by atoms with Crippen molar-refractivity contribution in [1.82, 2.24) is 9.78 Å². The topological polar surface area (TPSA) is 34.9 Å². The SMILES string of the molecule is CCn1nc(C)c(Br)c1CC(=O)c1ccc(F)cc1. The van der Waals surface area contributed by atoms with Crippen molar-refractivity contribution in [3.8, 4) is 0 Å². The summed E-state index contributed by atoms with van der Waals surface area (Å²) >= 11 is 3.46. The Bertz CT molecular complexity index is 605. The van der Waals surface area contributed by atoms with E-state index in [2.05, 4.69) is 21.0 Å². The van der Waals surface area contributed by atoms with E-state index in [9.17, 15) is 9.18 Å². The van der Waals surface area contributed by atoms with Crippen LogP contribution >= 0.6 is 15.9 Å². The molecule has 1 aromatic carbocycles. The van der Waals surface area contributed by atoms with Crippen LogP contribution in [0.1, 0.15) is 28.7 Å². The number of hydrogen-bond acceptors (Lipinski definition) is 2. The normalized spacial score (nSPS) is 10.7. The third-order valence-electron chi connectivity index (χ3n) is 2.95. The van der Waals surface area contributed by atoms with Crippen molar-refractivity contribution in [1.29, 1.82) is 0 Å². The number of aromatic nitrogens is 2. The molecule has 19 heavy (non-hydrogen) atoms. The Morgan fingerprint density at radius 2 is 2.00 bits per heavy atom. The van der Waals surface area contributed by atoms with Gasteiger partial charge in [0.2, 0.25) is 0 Å². The van der Waals surface area contributed by atoms with Crippen LogP contribution in [0.2, 0.25) is 0 Å². The van der Waals surface area contributed by atoms with E-state index in [4.69, 9.17) is 0 Å². The molecule has 0 spiro atoms. The molecule has 0 fully saturated rings. The minimum absolute atomic E-state index is 0.0460. The molecule has 2 rings (SSSR count). The molecule has 3 nitrogen and oxygen atoms in total. The molecule has 0 radical (unpaired) electrons. The van der Waals surface area contributed by atoms with Crippen LogP contribution in [-0.4, -0.2) is 15.6 Å². The maximum Gasteiger partial charge on any atom is 0.168 e. The highest BCUT2D eigenvalue weighted by atomic mass is 79.9. The Hall–Kier alpha value is -1.49. The van der Waals surface area contributed by atoms with E-state index < -0.39 is 0 Å². The Balaban J connectivity index is 2.26. The third-order valence-corrected chi connectivity index (χ3v) is 3.98. The van der Waals surface area contributed by atoms with Gasteiger partial charge in [-0.2, -0.15) is 5.10 Å². The fraction of sp³-hybridized carbons (Fsp3) is 0.286. The lowest BCUT2D eigenvalue weighted by molar-refractivity contribution is 0.0990. The lowest BCUT2D eigenvalue weighted by Gasteiger charge is -2.05. The van der Waals surface area contributed by atoms with Gasteiger partial charge in [0, 0.05) is 12.1 Å². The van der Waals surface area contributed by atoms with Crippen molar-refractivity contribution in [2.45, 2.75) is 26.8 Å². The van der Waals surface area contributed by atoms with E-state index in [1.165, 1.54) is 24.3 Å². The number of carbonyl (C=O) groups excluding carboxylic acids is 1. The molecule has 0 atom stereocenters. The van der Waals surface area contributed by atoms with E-state index >= 15 is 0 Å². The van der Waals surface area contributed by atoms with Gasteiger partial charge in [-0.3, -0.25) is 9.48 Å². The summed E-state index contributed by atoms with van der Waals surface area (Å²) in [6.45, 7) is 4.57. The van der Waals surface area contributed by atoms with Gasteiger partial charge in [0.1, 0.15) is 5.82 Å². The van der Waals surface area contributed by atoms with E-state index in [-0.39, 0.29) is 18.0 Å². The van der Waals surface area contributed by atoms with Crippen LogP contribution in [0.5, 0.6) is 0 Å². The van der Waals surface area contributed by atoms with Crippen molar-refractivity contribution < 1.29 is 9.18 Å². The molecule has 0 aliphatic heterocycles. The Morgan fingerprint density at radius 1 is 1.37 bits per heavy atom. The van der Waals surface area contributed by atoms with Crippen LogP contribution in [0.4, 0.5) is 4.39 Å². The lowest BCUT2D eigenvalue weighted by atomic mass is 10.1. The molecular weight excluding hydrogens is 311 g/mol. The largest absolute Gasteiger partial charge is 0.294 e. The number of Topliss-reactive ketones (excluding diaryl/α,β-unsaturated/α-hetero) is 1. The second-order valence-corrected chi connectivity index (χ2v) is 5.06. The summed E-state index contributed by atoms with van der Waals surface area (Å²) < 4.78 is 15.5. The van der Waals surface area contributed by atoms with Crippen LogP contribution < -0.4 is 0 Å². The second kappa shape index (κ2) is 5.65. The van der Waals surface area contributed by atoms with Gasteiger partial charge in [0.25, 0.3) is 0 Å². The van der Waals surface area contributed by atoms with Crippen LogP contribution in [0.3, 0.4) is 0 Å². The highest BCUT2D eigenvalue weighted by Crippen LogP contribution is 2.22. The van der Waals surface area contributed by atoms with E-state index in [1.807, 2.05) is 13.8 Å². The van der Waals surface area contributed by atoms with E-state index in [0.29, 0.717) is 12.1 Å². The number of hydrogen-bond donors (Lipinski definition) is 0. The molecule has 100 valence electrons. The van der Waals surface area contributed by atoms with Crippen LogP contribution in [0, 0.1) is 12.7 Å². The lowest BCUT2D eigenvalue weighted by Crippen LogP contribution is -2.10. The first-order valence-corrected chi connectivity index (χ1v) is 6.82. The fourth-order valence-corrected chi connectivity index (χ4v) is 2.35. The molecule has 0 aliphatic carbocycles. The Morgan fingerprint density at radius 3 is 2.58 bits per heavy atom. The standard InChI is InChI=1S/C14H14BrFN2O/c1-3-18-12(14(15)9(2)17-18)8-13(19)10-4-6-11(16)7-5-10/h4-7H,3,8H2,1-2H3. The predicted octanol–water partition coefficient (Wildman–Crippen LogP) is 3.54. The number of carbonyl (C=O) groups is 1. The number of halogens is 2. The van der Waals surface area contributed by atoms with Gasteiger partial charge < -0.3 is 0 Å². The zero-order valence-electron chi connectivity index (χ0n) is 10.8. The minimum atomic E-state index is -0.341. The van der Waals surface area contributed by atoms with Crippen molar-refractivity contribution in [3.05, 3.63) is 51.5 Å². The summed E-state index contributed by atoms with van der Waals surface area (Å²) in [4.78, 5) is 12.2. The number of rotatable bonds is 4. The first-order chi connectivity index (χ1) is 9.02. The van der Waals surface area contributed by atoms with Crippen molar-refractivity contribution in [2.24, 2.45) is 0 Å². The summed E-state index contributed by atoms with van der Waals surface area (Å²) in [5, 5.41) is 4.35. The number of nitrogens with zero attached hydrogens (tertiary/aromatic N) is 2. The predicted molar refractivity (Wildman–Crippen MR) is 74.8 cm³/mol. The molecule has 0 N–H and O–H groups in total. The summed E-state index contributed by atoms with van der Waals surface area (Å²) in [7, 11) is 0. The molecule has 0 unspecified atom stereocenters.